The van der Waals surface area contributed by atoms with Crippen LogP contribution < -0.4 is 4.90 Å². The van der Waals surface area contributed by atoms with Gasteiger partial charge in [-0.25, -0.2) is 15.0 Å². The minimum absolute atomic E-state index is 0.355. The zero-order valence-electron chi connectivity index (χ0n) is 16.1. The second-order valence-corrected chi connectivity index (χ2v) is 7.53. The third kappa shape index (κ3) is 3.02. The number of imidazole rings is 1. The number of nitrogens with zero attached hydrogens (tertiary/aromatic N) is 6. The number of fused-ring (bicyclic) bond motifs is 1. The first-order valence-electron chi connectivity index (χ1n) is 9.69. The number of hydrogen-bond acceptors (Lipinski definition) is 5. The molecule has 1 saturated heterocycles. The molecule has 1 aliphatic rings. The zero-order valence-corrected chi connectivity index (χ0v) is 16.1. The SMILES string of the molecule is Cc1cnc(N2CCC[C@H](c3nc4ccccc4[nH]3)C2)nc1-c1cnn(C)c1. The lowest BCUT2D eigenvalue weighted by Gasteiger charge is -2.32. The molecule has 5 rings (SSSR count). The van der Waals surface area contributed by atoms with Crippen LogP contribution >= 0.6 is 0 Å². The minimum atomic E-state index is 0.355. The van der Waals surface area contributed by atoms with E-state index in [0.29, 0.717) is 5.92 Å². The lowest BCUT2D eigenvalue weighted by Crippen LogP contribution is -2.36. The molecule has 142 valence electrons. The molecule has 0 bridgehead atoms. The second kappa shape index (κ2) is 6.74. The Morgan fingerprint density at radius 3 is 2.86 bits per heavy atom. The molecule has 1 aromatic carbocycles. The lowest BCUT2D eigenvalue weighted by atomic mass is 9.97. The van der Waals surface area contributed by atoms with Crippen LogP contribution in [0.4, 0.5) is 5.95 Å². The molecular formula is C21H23N7. The van der Waals surface area contributed by atoms with E-state index < -0.39 is 0 Å². The highest BCUT2D eigenvalue weighted by atomic mass is 15.3. The molecule has 0 radical (unpaired) electrons. The number of hydrogen-bond donors (Lipinski definition) is 1. The number of benzene rings is 1. The van der Waals surface area contributed by atoms with E-state index in [-0.39, 0.29) is 0 Å². The molecule has 4 heterocycles. The van der Waals surface area contributed by atoms with E-state index in [1.54, 1.807) is 4.68 Å². The summed E-state index contributed by atoms with van der Waals surface area (Å²) in [5.41, 5.74) is 5.15. The smallest absolute Gasteiger partial charge is 0.225 e. The summed E-state index contributed by atoms with van der Waals surface area (Å²) in [7, 11) is 1.92. The molecule has 0 aliphatic carbocycles. The number of anilines is 1. The number of aromatic nitrogens is 6. The first kappa shape index (κ1) is 16.9. The molecular weight excluding hydrogens is 350 g/mol. The molecule has 7 heteroatoms. The Bertz CT molecular complexity index is 1090. The topological polar surface area (TPSA) is 75.5 Å². The van der Waals surface area contributed by atoms with Gasteiger partial charge >= 0.3 is 0 Å². The number of H-pyrrole nitrogens is 1. The number of aryl methyl sites for hydroxylation is 2. The van der Waals surface area contributed by atoms with Gasteiger partial charge in [0.25, 0.3) is 0 Å². The summed E-state index contributed by atoms with van der Waals surface area (Å²) in [5.74, 6) is 2.20. The monoisotopic (exact) mass is 373 g/mol. The van der Waals surface area contributed by atoms with E-state index in [2.05, 4.69) is 32.1 Å². The quantitative estimate of drug-likeness (QED) is 0.595. The fourth-order valence-corrected chi connectivity index (χ4v) is 3.97. The van der Waals surface area contributed by atoms with Crippen molar-refractivity contribution in [1.82, 2.24) is 29.7 Å². The number of rotatable bonds is 3. The average Bonchev–Trinajstić information content (AvgIpc) is 3.34. The van der Waals surface area contributed by atoms with E-state index in [4.69, 9.17) is 9.97 Å². The third-order valence-corrected chi connectivity index (χ3v) is 5.44. The molecule has 0 spiro atoms. The Kier molecular flexibility index (Phi) is 4.07. The van der Waals surface area contributed by atoms with Gasteiger partial charge in [-0.2, -0.15) is 5.10 Å². The maximum atomic E-state index is 4.88. The van der Waals surface area contributed by atoms with Crippen LogP contribution in [0.15, 0.2) is 42.9 Å². The highest BCUT2D eigenvalue weighted by Crippen LogP contribution is 2.30. The largest absolute Gasteiger partial charge is 0.342 e. The first-order chi connectivity index (χ1) is 13.7. The number of para-hydroxylation sites is 2. The summed E-state index contributed by atoms with van der Waals surface area (Å²) < 4.78 is 1.80. The summed E-state index contributed by atoms with van der Waals surface area (Å²) >= 11 is 0. The number of piperidine rings is 1. The Morgan fingerprint density at radius 2 is 2.04 bits per heavy atom. The molecule has 28 heavy (non-hydrogen) atoms. The van der Waals surface area contributed by atoms with Gasteiger partial charge in [-0.05, 0) is 37.5 Å². The fraction of sp³-hybridized carbons (Fsp3) is 0.333. The van der Waals surface area contributed by atoms with Crippen molar-refractivity contribution in [3.8, 4) is 11.3 Å². The average molecular weight is 373 g/mol. The summed E-state index contributed by atoms with van der Waals surface area (Å²) in [6.45, 7) is 3.88. The number of aromatic amines is 1. The molecule has 0 amide bonds. The lowest BCUT2D eigenvalue weighted by molar-refractivity contribution is 0.489. The van der Waals surface area contributed by atoms with Gasteiger partial charge < -0.3 is 9.88 Å². The van der Waals surface area contributed by atoms with Crippen molar-refractivity contribution in [2.75, 3.05) is 18.0 Å². The molecule has 1 fully saturated rings. The van der Waals surface area contributed by atoms with Crippen LogP contribution in [0.3, 0.4) is 0 Å². The van der Waals surface area contributed by atoms with Gasteiger partial charge in [0.1, 0.15) is 5.82 Å². The van der Waals surface area contributed by atoms with Crippen molar-refractivity contribution in [2.45, 2.75) is 25.7 Å². The third-order valence-electron chi connectivity index (χ3n) is 5.44. The van der Waals surface area contributed by atoms with E-state index in [1.807, 2.05) is 44.7 Å². The van der Waals surface area contributed by atoms with Crippen LogP contribution in [0.25, 0.3) is 22.3 Å². The van der Waals surface area contributed by atoms with Gasteiger partial charge in [0.15, 0.2) is 0 Å². The van der Waals surface area contributed by atoms with E-state index >= 15 is 0 Å². The predicted molar refractivity (Wildman–Crippen MR) is 109 cm³/mol. The van der Waals surface area contributed by atoms with Crippen LogP contribution in [0, 0.1) is 6.92 Å². The highest BCUT2D eigenvalue weighted by molar-refractivity contribution is 5.74. The minimum Gasteiger partial charge on any atom is -0.342 e. The number of nitrogens with one attached hydrogen (secondary N) is 1. The Labute approximate surface area is 163 Å². The molecule has 1 N–H and O–H groups in total. The van der Waals surface area contributed by atoms with Crippen molar-refractivity contribution >= 4 is 17.0 Å². The van der Waals surface area contributed by atoms with Crippen LogP contribution in [0.5, 0.6) is 0 Å². The summed E-state index contributed by atoms with van der Waals surface area (Å²) in [6, 6.07) is 8.20. The van der Waals surface area contributed by atoms with E-state index in [9.17, 15) is 0 Å². The van der Waals surface area contributed by atoms with Crippen molar-refractivity contribution in [1.29, 1.82) is 0 Å². The Morgan fingerprint density at radius 1 is 1.14 bits per heavy atom. The molecule has 0 saturated carbocycles. The summed E-state index contributed by atoms with van der Waals surface area (Å²) in [4.78, 5) is 20.1. The van der Waals surface area contributed by atoms with Crippen molar-refractivity contribution in [2.24, 2.45) is 7.05 Å². The van der Waals surface area contributed by atoms with Crippen molar-refractivity contribution in [3.05, 3.63) is 54.2 Å². The second-order valence-electron chi connectivity index (χ2n) is 7.53. The van der Waals surface area contributed by atoms with Gasteiger partial charge in [-0.1, -0.05) is 12.1 Å². The standard InChI is InChI=1S/C21H23N7/c1-14-10-22-21(26-19(14)16-11-23-27(2)12-16)28-9-5-6-15(13-28)20-24-17-7-3-4-8-18(17)25-20/h3-4,7-8,10-12,15H,5-6,9,13H2,1-2H3,(H,24,25)/t15-/m0/s1. The summed E-state index contributed by atoms with van der Waals surface area (Å²) in [5, 5.41) is 4.28. The van der Waals surface area contributed by atoms with E-state index in [0.717, 1.165) is 65.6 Å². The van der Waals surface area contributed by atoms with Crippen LogP contribution in [0.1, 0.15) is 30.1 Å². The van der Waals surface area contributed by atoms with Crippen molar-refractivity contribution in [3.63, 3.8) is 0 Å². The molecule has 3 aromatic heterocycles. The highest BCUT2D eigenvalue weighted by Gasteiger charge is 2.26. The van der Waals surface area contributed by atoms with E-state index in [1.165, 1.54) is 0 Å². The molecule has 4 aromatic rings. The Balaban J connectivity index is 1.43. The zero-order chi connectivity index (χ0) is 19.1. The van der Waals surface area contributed by atoms with Gasteiger partial charge in [0.05, 0.1) is 22.9 Å². The normalized spacial score (nSPS) is 17.4. The maximum absolute atomic E-state index is 4.88. The Hall–Kier alpha value is -3.22. The summed E-state index contributed by atoms with van der Waals surface area (Å²) in [6.07, 6.45) is 7.98. The molecule has 1 aliphatic heterocycles. The van der Waals surface area contributed by atoms with Gasteiger partial charge in [0.2, 0.25) is 5.95 Å². The van der Waals surface area contributed by atoms with Gasteiger partial charge in [0, 0.05) is 44.0 Å². The predicted octanol–water partition coefficient (Wildman–Crippen LogP) is 3.45. The molecule has 0 unspecified atom stereocenters. The molecule has 7 nitrogen and oxygen atoms in total. The van der Waals surface area contributed by atoms with Crippen molar-refractivity contribution < 1.29 is 0 Å². The first-order valence-corrected chi connectivity index (χ1v) is 9.69. The molecule has 1 atom stereocenters. The maximum Gasteiger partial charge on any atom is 0.225 e. The van der Waals surface area contributed by atoms with Crippen LogP contribution in [-0.2, 0) is 7.05 Å². The van der Waals surface area contributed by atoms with Gasteiger partial charge in [-0.3, -0.25) is 4.68 Å². The van der Waals surface area contributed by atoms with Gasteiger partial charge in [-0.15, -0.1) is 0 Å². The van der Waals surface area contributed by atoms with Crippen LogP contribution in [-0.4, -0.2) is 42.8 Å². The van der Waals surface area contributed by atoms with Crippen LogP contribution in [0.2, 0.25) is 0 Å². The fourth-order valence-electron chi connectivity index (χ4n) is 3.97.